The van der Waals surface area contributed by atoms with Gasteiger partial charge in [0.1, 0.15) is 11.2 Å². The monoisotopic (exact) mass is 357 g/mol. The molecule has 0 radical (unpaired) electrons. The lowest BCUT2D eigenvalue weighted by Crippen LogP contribution is -3.14. The number of aromatic nitrogens is 4. The van der Waals surface area contributed by atoms with Gasteiger partial charge in [0.05, 0.1) is 38.1 Å². The summed E-state index contributed by atoms with van der Waals surface area (Å²) in [5.74, 6) is 1.72. The van der Waals surface area contributed by atoms with Crippen molar-refractivity contribution in [3.63, 3.8) is 0 Å². The highest BCUT2D eigenvalue weighted by molar-refractivity contribution is 7.19. The minimum absolute atomic E-state index is 0.748. The summed E-state index contributed by atoms with van der Waals surface area (Å²) in [7, 11) is 0. The maximum atomic E-state index is 5.08. The van der Waals surface area contributed by atoms with Gasteiger partial charge in [0.25, 0.3) is 0 Å². The van der Waals surface area contributed by atoms with Crippen molar-refractivity contribution in [2.75, 3.05) is 37.6 Å². The molecule has 6 nitrogen and oxygen atoms in total. The van der Waals surface area contributed by atoms with Crippen LogP contribution in [0.4, 0.5) is 5.95 Å². The quantitative estimate of drug-likeness (QED) is 0.749. The molecule has 0 aromatic carbocycles. The fraction of sp³-hybridized carbons (Fsp3) is 0.611. The van der Waals surface area contributed by atoms with E-state index in [4.69, 9.17) is 4.98 Å². The second-order valence-electron chi connectivity index (χ2n) is 7.53. The first-order valence-corrected chi connectivity index (χ1v) is 10.3. The maximum Gasteiger partial charge on any atom is 0.230 e. The molecule has 3 aromatic heterocycles. The lowest BCUT2D eigenvalue weighted by Gasteiger charge is -2.32. The van der Waals surface area contributed by atoms with E-state index in [9.17, 15) is 0 Å². The number of hydrogen-bond donors (Lipinski definition) is 1. The zero-order valence-electron chi connectivity index (χ0n) is 15.0. The van der Waals surface area contributed by atoms with Crippen LogP contribution >= 0.6 is 11.3 Å². The number of nitrogens with one attached hydrogen (secondary N) is 1. The third-order valence-corrected chi connectivity index (χ3v) is 7.09. The number of fused-ring (bicyclic) bond motifs is 5. The molecule has 0 unspecified atom stereocenters. The maximum absolute atomic E-state index is 5.08. The van der Waals surface area contributed by atoms with Gasteiger partial charge in [0.15, 0.2) is 5.65 Å². The van der Waals surface area contributed by atoms with Crippen LogP contribution in [0.5, 0.6) is 0 Å². The van der Waals surface area contributed by atoms with Gasteiger partial charge in [-0.25, -0.2) is 9.97 Å². The summed E-state index contributed by atoms with van der Waals surface area (Å²) in [6, 6.07) is 0. The van der Waals surface area contributed by atoms with E-state index < -0.39 is 0 Å². The summed E-state index contributed by atoms with van der Waals surface area (Å²) in [5, 5.41) is 5.79. The van der Waals surface area contributed by atoms with Gasteiger partial charge >= 0.3 is 0 Å². The first-order valence-electron chi connectivity index (χ1n) is 9.47. The van der Waals surface area contributed by atoms with Crippen LogP contribution in [0.3, 0.4) is 0 Å². The zero-order valence-corrected chi connectivity index (χ0v) is 15.8. The van der Waals surface area contributed by atoms with Crippen LogP contribution in [0.15, 0.2) is 6.33 Å². The average Bonchev–Trinajstić information content (AvgIpc) is 3.24. The van der Waals surface area contributed by atoms with Crippen LogP contribution in [0.2, 0.25) is 0 Å². The first kappa shape index (κ1) is 15.5. The molecule has 25 heavy (non-hydrogen) atoms. The predicted octanol–water partition coefficient (Wildman–Crippen LogP) is 1.19. The second-order valence-corrected chi connectivity index (χ2v) is 8.61. The van der Waals surface area contributed by atoms with E-state index in [1.165, 1.54) is 48.3 Å². The standard InChI is InChI=1S/C18H24N6S/c1-3-22-6-8-23(9-7-22)18-21-17-15(16-19-11-20-24(16)18)13-10-12(2)4-5-14(13)25-17/h11-12H,3-10H2,1-2H3/p+1/t12-/m0/s1. The van der Waals surface area contributed by atoms with E-state index in [0.717, 1.165) is 41.9 Å². The number of rotatable bonds is 2. The number of aryl methyl sites for hydroxylation is 1. The molecule has 0 spiro atoms. The van der Waals surface area contributed by atoms with Gasteiger partial charge in [0.2, 0.25) is 5.95 Å². The van der Waals surface area contributed by atoms with E-state index in [0.29, 0.717) is 0 Å². The summed E-state index contributed by atoms with van der Waals surface area (Å²) < 4.78 is 1.98. The molecular weight excluding hydrogens is 332 g/mol. The van der Waals surface area contributed by atoms with Gasteiger partial charge in [-0.2, -0.15) is 9.61 Å². The van der Waals surface area contributed by atoms with Gasteiger partial charge in [-0.3, -0.25) is 0 Å². The molecule has 1 N–H and O–H groups in total. The van der Waals surface area contributed by atoms with Gasteiger partial charge in [0, 0.05) is 4.88 Å². The number of anilines is 1. The second kappa shape index (κ2) is 5.92. The van der Waals surface area contributed by atoms with Crippen molar-refractivity contribution in [1.29, 1.82) is 0 Å². The van der Waals surface area contributed by atoms with E-state index in [1.807, 2.05) is 15.9 Å². The smallest absolute Gasteiger partial charge is 0.230 e. The SMILES string of the molecule is CC[NH+]1CCN(c2nc3sc4c(c3c3ncnn23)C[C@@H](C)CC4)CC1. The minimum Gasteiger partial charge on any atom is -0.332 e. The molecule has 7 heteroatoms. The Kier molecular flexibility index (Phi) is 3.67. The van der Waals surface area contributed by atoms with Gasteiger partial charge in [-0.1, -0.05) is 6.92 Å². The highest BCUT2D eigenvalue weighted by Crippen LogP contribution is 2.39. The average molecular weight is 358 g/mol. The van der Waals surface area contributed by atoms with Crippen molar-refractivity contribution >= 4 is 33.1 Å². The molecule has 1 aliphatic carbocycles. The van der Waals surface area contributed by atoms with Crippen molar-refractivity contribution in [3.05, 3.63) is 16.8 Å². The lowest BCUT2D eigenvalue weighted by molar-refractivity contribution is -0.898. The number of piperazine rings is 1. The molecule has 4 heterocycles. The molecule has 1 saturated heterocycles. The van der Waals surface area contributed by atoms with Crippen molar-refractivity contribution in [1.82, 2.24) is 19.6 Å². The minimum atomic E-state index is 0.748. The molecule has 1 aliphatic heterocycles. The number of likely N-dealkylation sites (N-methyl/N-ethyl adjacent to an activating group) is 1. The lowest BCUT2D eigenvalue weighted by atomic mass is 9.89. The Hall–Kier alpha value is -1.73. The van der Waals surface area contributed by atoms with Gasteiger partial charge < -0.3 is 9.80 Å². The van der Waals surface area contributed by atoms with Crippen LogP contribution in [0, 0.1) is 5.92 Å². The topological polar surface area (TPSA) is 50.8 Å². The molecule has 132 valence electrons. The molecule has 0 amide bonds. The van der Waals surface area contributed by atoms with Crippen molar-refractivity contribution < 1.29 is 4.90 Å². The van der Waals surface area contributed by atoms with E-state index in [2.05, 4.69) is 28.8 Å². The number of hydrogen-bond acceptors (Lipinski definition) is 5. The van der Waals surface area contributed by atoms with E-state index in [-0.39, 0.29) is 0 Å². The molecule has 2 aliphatic rings. The van der Waals surface area contributed by atoms with Crippen LogP contribution in [-0.4, -0.2) is 52.3 Å². The molecule has 5 rings (SSSR count). The highest BCUT2D eigenvalue weighted by Gasteiger charge is 2.27. The Labute approximate surface area is 151 Å². The number of quaternary nitrogens is 1. The van der Waals surface area contributed by atoms with Crippen LogP contribution in [0.1, 0.15) is 30.7 Å². The van der Waals surface area contributed by atoms with Crippen LogP contribution < -0.4 is 9.80 Å². The number of thiophene rings is 1. The molecule has 1 atom stereocenters. The molecule has 0 bridgehead atoms. The first-order chi connectivity index (χ1) is 12.2. The fourth-order valence-electron chi connectivity index (χ4n) is 4.33. The normalized spacial score (nSPS) is 22.0. The summed E-state index contributed by atoms with van der Waals surface area (Å²) in [4.78, 5) is 16.4. The highest BCUT2D eigenvalue weighted by atomic mass is 32.1. The Morgan fingerprint density at radius 3 is 2.96 bits per heavy atom. The van der Waals surface area contributed by atoms with Crippen LogP contribution in [-0.2, 0) is 12.8 Å². The molecule has 0 saturated carbocycles. The Morgan fingerprint density at radius 2 is 2.16 bits per heavy atom. The van der Waals surface area contributed by atoms with Gasteiger partial charge in [-0.15, -0.1) is 11.3 Å². The summed E-state index contributed by atoms with van der Waals surface area (Å²) >= 11 is 1.88. The van der Waals surface area contributed by atoms with Crippen molar-refractivity contribution in [3.8, 4) is 0 Å². The van der Waals surface area contributed by atoms with E-state index >= 15 is 0 Å². The summed E-state index contributed by atoms with van der Waals surface area (Å²) in [6.45, 7) is 10.2. The zero-order chi connectivity index (χ0) is 17.0. The Bertz CT molecular complexity index is 921. The molecule has 1 fully saturated rings. The number of nitrogens with zero attached hydrogens (tertiary/aromatic N) is 5. The van der Waals surface area contributed by atoms with Crippen molar-refractivity contribution in [2.24, 2.45) is 5.92 Å². The Morgan fingerprint density at radius 1 is 1.32 bits per heavy atom. The molecule has 3 aromatic rings. The van der Waals surface area contributed by atoms with Gasteiger partial charge in [-0.05, 0) is 37.7 Å². The molecular formula is C18H25N6S+. The Balaban J connectivity index is 1.64. The third kappa shape index (κ3) is 2.44. The largest absolute Gasteiger partial charge is 0.332 e. The van der Waals surface area contributed by atoms with Crippen molar-refractivity contribution in [2.45, 2.75) is 33.1 Å². The van der Waals surface area contributed by atoms with Crippen LogP contribution in [0.25, 0.3) is 15.9 Å². The summed E-state index contributed by atoms with van der Waals surface area (Å²) in [5.41, 5.74) is 2.48. The summed E-state index contributed by atoms with van der Waals surface area (Å²) in [6.07, 6.45) is 5.31. The predicted molar refractivity (Wildman–Crippen MR) is 101 cm³/mol. The van der Waals surface area contributed by atoms with E-state index in [1.54, 1.807) is 11.2 Å². The third-order valence-electron chi connectivity index (χ3n) is 5.90. The fourth-order valence-corrected chi connectivity index (χ4v) is 5.54.